The van der Waals surface area contributed by atoms with Gasteiger partial charge in [-0.2, -0.15) is 0 Å². The standard InChI is InChI=1S/C11H12N2S/c1-8-3-4-9-10(7-8)13-5-2-6-14-11(13)12-9/h3-4,7H,2,5-6H2,1H3. The third-order valence-electron chi connectivity index (χ3n) is 2.63. The van der Waals surface area contributed by atoms with Gasteiger partial charge in [0, 0.05) is 12.3 Å². The minimum atomic E-state index is 1.13. The molecular weight excluding hydrogens is 192 g/mol. The molecule has 14 heavy (non-hydrogen) atoms. The van der Waals surface area contributed by atoms with Gasteiger partial charge < -0.3 is 4.57 Å². The summed E-state index contributed by atoms with van der Waals surface area (Å²) in [7, 11) is 0. The van der Waals surface area contributed by atoms with Crippen molar-refractivity contribution in [1.29, 1.82) is 0 Å². The summed E-state index contributed by atoms with van der Waals surface area (Å²) >= 11 is 1.87. The van der Waals surface area contributed by atoms with Gasteiger partial charge in [-0.25, -0.2) is 4.98 Å². The van der Waals surface area contributed by atoms with Crippen molar-refractivity contribution in [2.45, 2.75) is 25.0 Å². The number of nitrogens with zero attached hydrogens (tertiary/aromatic N) is 2. The molecule has 2 heterocycles. The second-order valence-electron chi connectivity index (χ2n) is 3.74. The van der Waals surface area contributed by atoms with Crippen LogP contribution in [0.2, 0.25) is 0 Å². The topological polar surface area (TPSA) is 17.8 Å². The van der Waals surface area contributed by atoms with Gasteiger partial charge in [0.05, 0.1) is 11.0 Å². The largest absolute Gasteiger partial charge is 0.319 e. The normalized spacial score (nSPS) is 15.8. The summed E-state index contributed by atoms with van der Waals surface area (Å²) in [6.07, 6.45) is 1.26. The lowest BCUT2D eigenvalue weighted by Gasteiger charge is -2.13. The van der Waals surface area contributed by atoms with E-state index in [-0.39, 0.29) is 0 Å². The first kappa shape index (κ1) is 8.36. The van der Waals surface area contributed by atoms with Crippen LogP contribution in [0.1, 0.15) is 12.0 Å². The number of aryl methyl sites for hydroxylation is 2. The van der Waals surface area contributed by atoms with Gasteiger partial charge in [-0.3, -0.25) is 0 Å². The molecule has 0 spiro atoms. The highest BCUT2D eigenvalue weighted by atomic mass is 32.2. The van der Waals surface area contributed by atoms with Crippen LogP contribution in [0.3, 0.4) is 0 Å². The molecule has 72 valence electrons. The summed E-state index contributed by atoms with van der Waals surface area (Å²) in [6.45, 7) is 3.26. The van der Waals surface area contributed by atoms with E-state index in [2.05, 4.69) is 34.7 Å². The first-order chi connectivity index (χ1) is 6.84. The van der Waals surface area contributed by atoms with Gasteiger partial charge in [-0.05, 0) is 31.0 Å². The minimum Gasteiger partial charge on any atom is -0.319 e. The number of benzene rings is 1. The summed E-state index contributed by atoms with van der Waals surface area (Å²) < 4.78 is 2.34. The Balaban J connectivity index is 2.32. The smallest absolute Gasteiger partial charge is 0.169 e. The van der Waals surface area contributed by atoms with Crippen molar-refractivity contribution in [3.63, 3.8) is 0 Å². The van der Waals surface area contributed by atoms with E-state index in [1.165, 1.54) is 28.4 Å². The molecule has 1 aromatic carbocycles. The summed E-state index contributed by atoms with van der Waals surface area (Å²) in [4.78, 5) is 4.62. The number of hydrogen-bond acceptors (Lipinski definition) is 2. The highest BCUT2D eigenvalue weighted by molar-refractivity contribution is 7.99. The Morgan fingerprint density at radius 1 is 1.43 bits per heavy atom. The third kappa shape index (κ3) is 1.16. The zero-order valence-corrected chi connectivity index (χ0v) is 8.97. The molecule has 1 aromatic heterocycles. The van der Waals surface area contributed by atoms with Crippen LogP contribution in [0.25, 0.3) is 11.0 Å². The predicted molar refractivity (Wildman–Crippen MR) is 59.8 cm³/mol. The van der Waals surface area contributed by atoms with E-state index in [1.807, 2.05) is 11.8 Å². The van der Waals surface area contributed by atoms with Crippen molar-refractivity contribution in [3.8, 4) is 0 Å². The third-order valence-corrected chi connectivity index (χ3v) is 3.69. The van der Waals surface area contributed by atoms with E-state index in [9.17, 15) is 0 Å². The van der Waals surface area contributed by atoms with Crippen molar-refractivity contribution in [2.75, 3.05) is 5.75 Å². The Labute approximate surface area is 87.3 Å². The second kappa shape index (κ2) is 3.02. The van der Waals surface area contributed by atoms with Crippen LogP contribution >= 0.6 is 11.8 Å². The quantitative estimate of drug-likeness (QED) is 0.656. The molecule has 0 bridgehead atoms. The van der Waals surface area contributed by atoms with Crippen LogP contribution in [-0.2, 0) is 6.54 Å². The Hall–Kier alpha value is -0.960. The van der Waals surface area contributed by atoms with Gasteiger partial charge in [0.25, 0.3) is 0 Å². The average molecular weight is 204 g/mol. The van der Waals surface area contributed by atoms with Crippen LogP contribution in [-0.4, -0.2) is 15.3 Å². The van der Waals surface area contributed by atoms with E-state index in [0.717, 1.165) is 12.1 Å². The molecule has 1 aliphatic heterocycles. The maximum absolute atomic E-state index is 4.62. The van der Waals surface area contributed by atoms with Gasteiger partial charge in [0.15, 0.2) is 5.16 Å². The molecule has 3 rings (SSSR count). The number of fused-ring (bicyclic) bond motifs is 3. The highest BCUT2D eigenvalue weighted by Gasteiger charge is 2.14. The van der Waals surface area contributed by atoms with Gasteiger partial charge in [-0.15, -0.1) is 0 Å². The van der Waals surface area contributed by atoms with Gasteiger partial charge in [0.2, 0.25) is 0 Å². The zero-order chi connectivity index (χ0) is 9.54. The molecule has 0 unspecified atom stereocenters. The van der Waals surface area contributed by atoms with Gasteiger partial charge in [0.1, 0.15) is 0 Å². The molecule has 3 heteroatoms. The Morgan fingerprint density at radius 3 is 3.29 bits per heavy atom. The fourth-order valence-corrected chi connectivity index (χ4v) is 2.89. The number of rotatable bonds is 0. The molecule has 2 nitrogen and oxygen atoms in total. The molecular formula is C11H12N2S. The number of hydrogen-bond donors (Lipinski definition) is 0. The van der Waals surface area contributed by atoms with Crippen molar-refractivity contribution in [3.05, 3.63) is 23.8 Å². The summed E-state index contributed by atoms with van der Waals surface area (Å²) in [6, 6.07) is 6.49. The van der Waals surface area contributed by atoms with Crippen LogP contribution in [0.15, 0.2) is 23.4 Å². The van der Waals surface area contributed by atoms with Crippen LogP contribution in [0, 0.1) is 6.92 Å². The van der Waals surface area contributed by atoms with E-state index in [0.29, 0.717) is 0 Å². The minimum absolute atomic E-state index is 1.13. The summed E-state index contributed by atoms with van der Waals surface area (Å²) in [5.41, 5.74) is 3.75. The van der Waals surface area contributed by atoms with Crippen molar-refractivity contribution in [2.24, 2.45) is 0 Å². The van der Waals surface area contributed by atoms with E-state index >= 15 is 0 Å². The predicted octanol–water partition coefficient (Wildman–Crippen LogP) is 2.84. The lowest BCUT2D eigenvalue weighted by atomic mass is 10.2. The lowest BCUT2D eigenvalue weighted by Crippen LogP contribution is -2.06. The lowest BCUT2D eigenvalue weighted by molar-refractivity contribution is 0.624. The molecule has 0 saturated carbocycles. The molecule has 2 aromatic rings. The van der Waals surface area contributed by atoms with Crippen molar-refractivity contribution >= 4 is 22.8 Å². The van der Waals surface area contributed by atoms with E-state index in [4.69, 9.17) is 0 Å². The van der Waals surface area contributed by atoms with Gasteiger partial charge in [-0.1, -0.05) is 17.8 Å². The van der Waals surface area contributed by atoms with Crippen molar-refractivity contribution < 1.29 is 0 Å². The van der Waals surface area contributed by atoms with E-state index < -0.39 is 0 Å². The van der Waals surface area contributed by atoms with Gasteiger partial charge >= 0.3 is 0 Å². The van der Waals surface area contributed by atoms with E-state index in [1.54, 1.807) is 0 Å². The highest BCUT2D eigenvalue weighted by Crippen LogP contribution is 2.29. The first-order valence-corrected chi connectivity index (χ1v) is 5.93. The molecule has 0 amide bonds. The maximum Gasteiger partial charge on any atom is 0.169 e. The second-order valence-corrected chi connectivity index (χ2v) is 4.80. The molecule has 1 aliphatic rings. The van der Waals surface area contributed by atoms with Crippen LogP contribution in [0.4, 0.5) is 0 Å². The number of aromatic nitrogens is 2. The van der Waals surface area contributed by atoms with Crippen LogP contribution in [0.5, 0.6) is 0 Å². The Bertz CT molecular complexity index is 487. The maximum atomic E-state index is 4.62. The Morgan fingerprint density at radius 2 is 2.36 bits per heavy atom. The molecule has 0 radical (unpaired) electrons. The molecule has 0 saturated heterocycles. The monoisotopic (exact) mass is 204 g/mol. The summed E-state index contributed by atoms with van der Waals surface area (Å²) in [5.74, 6) is 1.21. The molecule has 0 fully saturated rings. The average Bonchev–Trinajstić information content (AvgIpc) is 2.56. The molecule has 0 atom stereocenters. The number of imidazole rings is 1. The van der Waals surface area contributed by atoms with Crippen LogP contribution < -0.4 is 0 Å². The van der Waals surface area contributed by atoms with Crippen molar-refractivity contribution in [1.82, 2.24) is 9.55 Å². The number of thioether (sulfide) groups is 1. The first-order valence-electron chi connectivity index (χ1n) is 4.94. The zero-order valence-electron chi connectivity index (χ0n) is 8.16. The Kier molecular flexibility index (Phi) is 1.80. The fraction of sp³-hybridized carbons (Fsp3) is 0.364. The SMILES string of the molecule is Cc1ccc2nc3n(c2c1)CCCS3. The molecule has 0 N–H and O–H groups in total. The fourth-order valence-electron chi connectivity index (χ4n) is 1.92. The molecule has 0 aliphatic carbocycles. The summed E-state index contributed by atoms with van der Waals surface area (Å²) in [5, 5.41) is 1.19.